The molecule has 0 aromatic heterocycles. The van der Waals surface area contributed by atoms with Gasteiger partial charge in [-0.25, -0.2) is 0 Å². The van der Waals surface area contributed by atoms with Gasteiger partial charge < -0.3 is 10.0 Å². The van der Waals surface area contributed by atoms with Crippen LogP contribution >= 0.6 is 11.6 Å². The van der Waals surface area contributed by atoms with Gasteiger partial charge in [0.05, 0.1) is 12.0 Å². The monoisotopic (exact) mass is 329 g/mol. The second-order valence-corrected chi connectivity index (χ2v) is 6.12. The SMILES string of the molecule is Cc1ccc(N2C(=O)CC(C(=O)O)C2c2ccccc2Cl)cc1. The molecule has 2 aromatic carbocycles. The fraction of sp³-hybridized carbons (Fsp3) is 0.222. The van der Waals surface area contributed by atoms with Crippen LogP contribution in [0.2, 0.25) is 5.02 Å². The Hall–Kier alpha value is -2.33. The molecule has 0 saturated carbocycles. The summed E-state index contributed by atoms with van der Waals surface area (Å²) in [5, 5.41) is 10.0. The lowest BCUT2D eigenvalue weighted by Crippen LogP contribution is -2.30. The Labute approximate surface area is 139 Å². The maximum Gasteiger partial charge on any atom is 0.309 e. The van der Waals surface area contributed by atoms with E-state index in [1.165, 1.54) is 0 Å². The smallest absolute Gasteiger partial charge is 0.309 e. The number of halogens is 1. The van der Waals surface area contributed by atoms with Gasteiger partial charge in [-0.05, 0) is 30.7 Å². The molecule has 2 unspecified atom stereocenters. The lowest BCUT2D eigenvalue weighted by Gasteiger charge is -2.28. The summed E-state index contributed by atoms with van der Waals surface area (Å²) in [5.41, 5.74) is 2.42. The maximum absolute atomic E-state index is 12.5. The highest BCUT2D eigenvalue weighted by atomic mass is 35.5. The minimum Gasteiger partial charge on any atom is -0.481 e. The molecule has 1 aliphatic rings. The van der Waals surface area contributed by atoms with Crippen LogP contribution in [0.25, 0.3) is 0 Å². The van der Waals surface area contributed by atoms with Gasteiger partial charge in [-0.2, -0.15) is 0 Å². The Kier molecular flexibility index (Phi) is 4.09. The molecule has 1 heterocycles. The van der Waals surface area contributed by atoms with Crippen LogP contribution in [-0.4, -0.2) is 17.0 Å². The van der Waals surface area contributed by atoms with Crippen LogP contribution in [-0.2, 0) is 9.59 Å². The fourth-order valence-electron chi connectivity index (χ4n) is 3.04. The number of nitrogens with zero attached hydrogens (tertiary/aromatic N) is 1. The predicted octanol–water partition coefficient (Wildman–Crippen LogP) is 3.83. The van der Waals surface area contributed by atoms with Gasteiger partial charge in [0, 0.05) is 17.1 Å². The molecule has 1 saturated heterocycles. The van der Waals surface area contributed by atoms with Crippen molar-refractivity contribution in [2.75, 3.05) is 4.90 Å². The van der Waals surface area contributed by atoms with Gasteiger partial charge in [0.1, 0.15) is 0 Å². The van der Waals surface area contributed by atoms with Crippen molar-refractivity contribution in [3.63, 3.8) is 0 Å². The molecule has 1 fully saturated rings. The molecule has 1 amide bonds. The number of carbonyl (C=O) groups excluding carboxylic acids is 1. The predicted molar refractivity (Wildman–Crippen MR) is 88.6 cm³/mol. The number of carboxylic acid groups (broad SMARTS) is 1. The van der Waals surface area contributed by atoms with Gasteiger partial charge in [0.15, 0.2) is 0 Å². The summed E-state index contributed by atoms with van der Waals surface area (Å²) in [6, 6.07) is 14.0. The summed E-state index contributed by atoms with van der Waals surface area (Å²) >= 11 is 6.27. The molecule has 2 atom stereocenters. The van der Waals surface area contributed by atoms with Crippen molar-refractivity contribution < 1.29 is 14.7 Å². The third-order valence-electron chi connectivity index (χ3n) is 4.18. The van der Waals surface area contributed by atoms with Crippen LogP contribution < -0.4 is 4.90 Å². The van der Waals surface area contributed by atoms with E-state index in [2.05, 4.69) is 0 Å². The largest absolute Gasteiger partial charge is 0.481 e. The summed E-state index contributed by atoms with van der Waals surface area (Å²) in [7, 11) is 0. The molecule has 23 heavy (non-hydrogen) atoms. The van der Waals surface area contributed by atoms with E-state index in [1.807, 2.05) is 31.2 Å². The maximum atomic E-state index is 12.5. The van der Waals surface area contributed by atoms with E-state index in [9.17, 15) is 14.7 Å². The summed E-state index contributed by atoms with van der Waals surface area (Å²) in [4.78, 5) is 25.7. The number of anilines is 1. The fourth-order valence-corrected chi connectivity index (χ4v) is 3.28. The van der Waals surface area contributed by atoms with E-state index in [1.54, 1.807) is 29.2 Å². The molecule has 5 heteroatoms. The first-order valence-electron chi connectivity index (χ1n) is 7.35. The Bertz CT molecular complexity index is 757. The minimum atomic E-state index is -0.988. The van der Waals surface area contributed by atoms with Crippen molar-refractivity contribution in [2.45, 2.75) is 19.4 Å². The van der Waals surface area contributed by atoms with Gasteiger partial charge in [0.2, 0.25) is 5.91 Å². The summed E-state index contributed by atoms with van der Waals surface area (Å²) in [6.45, 7) is 1.96. The molecule has 0 radical (unpaired) electrons. The van der Waals surface area contributed by atoms with E-state index in [-0.39, 0.29) is 12.3 Å². The number of rotatable bonds is 3. The van der Waals surface area contributed by atoms with Crippen molar-refractivity contribution in [2.24, 2.45) is 5.92 Å². The number of hydrogen-bond acceptors (Lipinski definition) is 2. The van der Waals surface area contributed by atoms with Crippen LogP contribution in [0.3, 0.4) is 0 Å². The third-order valence-corrected chi connectivity index (χ3v) is 4.52. The van der Waals surface area contributed by atoms with Crippen molar-refractivity contribution in [3.05, 3.63) is 64.7 Å². The highest BCUT2D eigenvalue weighted by Gasteiger charge is 2.46. The second kappa shape index (κ2) is 6.05. The van der Waals surface area contributed by atoms with Crippen LogP contribution in [0.1, 0.15) is 23.6 Å². The van der Waals surface area contributed by atoms with Crippen LogP contribution in [0, 0.1) is 12.8 Å². The van der Waals surface area contributed by atoms with Gasteiger partial charge >= 0.3 is 5.97 Å². The Morgan fingerprint density at radius 3 is 2.43 bits per heavy atom. The first-order chi connectivity index (χ1) is 11.0. The zero-order chi connectivity index (χ0) is 16.6. The molecule has 4 nitrogen and oxygen atoms in total. The minimum absolute atomic E-state index is 0.0287. The number of benzene rings is 2. The zero-order valence-electron chi connectivity index (χ0n) is 12.6. The van der Waals surface area contributed by atoms with Crippen LogP contribution in [0.15, 0.2) is 48.5 Å². The van der Waals surface area contributed by atoms with Crippen molar-refractivity contribution in [1.82, 2.24) is 0 Å². The van der Waals surface area contributed by atoms with Gasteiger partial charge in [0.25, 0.3) is 0 Å². The molecule has 1 aliphatic heterocycles. The molecular weight excluding hydrogens is 314 g/mol. The topological polar surface area (TPSA) is 57.6 Å². The van der Waals surface area contributed by atoms with Crippen LogP contribution in [0.5, 0.6) is 0 Å². The van der Waals surface area contributed by atoms with Gasteiger partial charge in [-0.3, -0.25) is 9.59 Å². The van der Waals surface area contributed by atoms with Gasteiger partial charge in [-0.15, -0.1) is 0 Å². The van der Waals surface area contributed by atoms with Crippen molar-refractivity contribution >= 4 is 29.2 Å². The highest BCUT2D eigenvalue weighted by molar-refractivity contribution is 6.31. The average Bonchev–Trinajstić information content (AvgIpc) is 2.86. The number of aryl methyl sites for hydroxylation is 1. The highest BCUT2D eigenvalue weighted by Crippen LogP contribution is 2.43. The third kappa shape index (κ3) is 2.82. The van der Waals surface area contributed by atoms with E-state index >= 15 is 0 Å². The number of amides is 1. The first kappa shape index (κ1) is 15.6. The van der Waals surface area contributed by atoms with E-state index < -0.39 is 17.9 Å². The molecule has 0 aliphatic carbocycles. The molecule has 118 valence electrons. The van der Waals surface area contributed by atoms with Crippen molar-refractivity contribution in [1.29, 1.82) is 0 Å². The number of hydrogen-bond donors (Lipinski definition) is 1. The van der Waals surface area contributed by atoms with Crippen LogP contribution in [0.4, 0.5) is 5.69 Å². The number of carbonyl (C=O) groups is 2. The van der Waals surface area contributed by atoms with Gasteiger partial charge in [-0.1, -0.05) is 47.5 Å². The average molecular weight is 330 g/mol. The second-order valence-electron chi connectivity index (χ2n) is 5.71. The van der Waals surface area contributed by atoms with Crippen molar-refractivity contribution in [3.8, 4) is 0 Å². The summed E-state index contributed by atoms with van der Waals surface area (Å²) < 4.78 is 0. The Morgan fingerprint density at radius 1 is 1.17 bits per heavy atom. The standard InChI is InChI=1S/C18H16ClNO3/c1-11-6-8-12(9-7-11)20-16(21)10-14(18(22)23)17(20)13-4-2-3-5-15(13)19/h2-9,14,17H,10H2,1H3,(H,22,23). The lowest BCUT2D eigenvalue weighted by molar-refractivity contribution is -0.142. The molecule has 1 N–H and O–H groups in total. The molecule has 2 aromatic rings. The number of aliphatic carboxylic acids is 1. The Morgan fingerprint density at radius 2 is 1.83 bits per heavy atom. The Balaban J connectivity index is 2.12. The van der Waals surface area contributed by atoms with E-state index in [4.69, 9.17) is 11.6 Å². The van der Waals surface area contributed by atoms with E-state index in [0.29, 0.717) is 16.3 Å². The zero-order valence-corrected chi connectivity index (χ0v) is 13.3. The van der Waals surface area contributed by atoms with E-state index in [0.717, 1.165) is 5.56 Å². The number of carboxylic acids is 1. The molecular formula is C18H16ClNO3. The molecule has 3 rings (SSSR count). The summed E-state index contributed by atoms with van der Waals surface area (Å²) in [5.74, 6) is -2.01. The lowest BCUT2D eigenvalue weighted by atomic mass is 9.93. The quantitative estimate of drug-likeness (QED) is 0.931. The molecule has 0 bridgehead atoms. The summed E-state index contributed by atoms with van der Waals surface area (Å²) in [6.07, 6.45) is -0.0287. The normalized spacial score (nSPS) is 20.8. The molecule has 0 spiro atoms. The first-order valence-corrected chi connectivity index (χ1v) is 7.73.